The van der Waals surface area contributed by atoms with Crippen molar-refractivity contribution >= 4 is 29.9 Å². The van der Waals surface area contributed by atoms with E-state index in [1.807, 2.05) is 31.8 Å². The second-order valence-corrected chi connectivity index (χ2v) is 6.80. The van der Waals surface area contributed by atoms with Crippen LogP contribution in [0.15, 0.2) is 23.5 Å². The normalized spacial score (nSPS) is 13.8. The third kappa shape index (κ3) is 7.13. The van der Waals surface area contributed by atoms with Crippen molar-refractivity contribution in [3.8, 4) is 0 Å². The Hall–Kier alpha value is -1.62. The highest BCUT2D eigenvalue weighted by Crippen LogP contribution is 2.19. The molecule has 0 saturated heterocycles. The summed E-state index contributed by atoms with van der Waals surface area (Å²) in [6.45, 7) is 10.5. The van der Waals surface area contributed by atoms with Crippen LogP contribution in [0.4, 0.5) is 0 Å². The van der Waals surface area contributed by atoms with Gasteiger partial charge in [-0.1, -0.05) is 0 Å². The molecule has 0 bridgehead atoms. The molecule has 0 saturated carbocycles. The predicted octanol–water partition coefficient (Wildman–Crippen LogP) is 1.70. The Bertz CT molecular complexity index is 736. The average molecular weight is 489 g/mol. The van der Waals surface area contributed by atoms with Gasteiger partial charge in [-0.25, -0.2) is 4.99 Å². The van der Waals surface area contributed by atoms with Gasteiger partial charge in [0.25, 0.3) is 0 Å². The van der Waals surface area contributed by atoms with Crippen molar-refractivity contribution < 1.29 is 5.11 Å². The maximum atomic E-state index is 10.6. The van der Waals surface area contributed by atoms with Gasteiger partial charge >= 0.3 is 0 Å². The first-order chi connectivity index (χ1) is 12.3. The average Bonchev–Trinajstić information content (AvgIpc) is 3.15. The van der Waals surface area contributed by atoms with E-state index in [1.165, 1.54) is 5.69 Å². The minimum absolute atomic E-state index is 0. The summed E-state index contributed by atoms with van der Waals surface area (Å²) in [5.41, 5.74) is 1.92. The molecule has 27 heavy (non-hydrogen) atoms. The molecule has 152 valence electrons. The number of hydrogen-bond donors (Lipinski definition) is 3. The zero-order chi connectivity index (χ0) is 19.2. The highest BCUT2D eigenvalue weighted by Gasteiger charge is 2.24. The van der Waals surface area contributed by atoms with Crippen LogP contribution in [0.3, 0.4) is 0 Å². The molecule has 0 aliphatic heterocycles. The number of rotatable bonds is 8. The highest BCUT2D eigenvalue weighted by atomic mass is 127. The summed E-state index contributed by atoms with van der Waals surface area (Å²) in [5, 5.41) is 25.7. The second kappa shape index (κ2) is 10.6. The largest absolute Gasteiger partial charge is 0.383 e. The predicted molar refractivity (Wildman–Crippen MR) is 118 cm³/mol. The summed E-state index contributed by atoms with van der Waals surface area (Å²) in [6.07, 6.45) is 4.42. The number of aryl methyl sites for hydroxylation is 4. The summed E-state index contributed by atoms with van der Waals surface area (Å²) in [7, 11) is 1.83. The van der Waals surface area contributed by atoms with Crippen LogP contribution >= 0.6 is 24.0 Å². The van der Waals surface area contributed by atoms with E-state index in [-0.39, 0.29) is 30.5 Å². The Labute approximate surface area is 178 Å². The van der Waals surface area contributed by atoms with Gasteiger partial charge in [0.2, 0.25) is 0 Å². The van der Waals surface area contributed by atoms with Gasteiger partial charge in [0.15, 0.2) is 5.96 Å². The van der Waals surface area contributed by atoms with Crippen molar-refractivity contribution in [1.82, 2.24) is 30.2 Å². The van der Waals surface area contributed by atoms with Crippen molar-refractivity contribution in [2.24, 2.45) is 12.0 Å². The fourth-order valence-corrected chi connectivity index (χ4v) is 2.70. The standard InChI is InChI=1S/C18H31N7O.HI/c1-6-19-17(20-8-7-9-25-15(3)10-14(2)23-25)21-13-18(4,26)16-11-22-24(5)12-16;/h10-12,26H,6-9,13H2,1-5H3,(H2,19,20,21);1H. The van der Waals surface area contributed by atoms with Gasteiger partial charge in [-0.15, -0.1) is 24.0 Å². The van der Waals surface area contributed by atoms with Crippen molar-refractivity contribution in [1.29, 1.82) is 0 Å². The summed E-state index contributed by atoms with van der Waals surface area (Å²) in [6, 6.07) is 2.08. The molecule has 0 radical (unpaired) electrons. The highest BCUT2D eigenvalue weighted by molar-refractivity contribution is 14.0. The lowest BCUT2D eigenvalue weighted by Gasteiger charge is -2.20. The van der Waals surface area contributed by atoms with Crippen LogP contribution in [0.25, 0.3) is 0 Å². The second-order valence-electron chi connectivity index (χ2n) is 6.80. The van der Waals surface area contributed by atoms with Crippen LogP contribution in [0, 0.1) is 13.8 Å². The van der Waals surface area contributed by atoms with Crippen LogP contribution in [-0.4, -0.2) is 50.3 Å². The molecule has 0 spiro atoms. The topological polar surface area (TPSA) is 92.3 Å². The van der Waals surface area contributed by atoms with E-state index in [0.717, 1.165) is 37.3 Å². The monoisotopic (exact) mass is 489 g/mol. The van der Waals surface area contributed by atoms with E-state index in [4.69, 9.17) is 0 Å². The molecule has 0 aromatic carbocycles. The van der Waals surface area contributed by atoms with E-state index in [0.29, 0.717) is 5.96 Å². The Balaban J connectivity index is 0.00000364. The fraction of sp³-hybridized carbons (Fsp3) is 0.611. The van der Waals surface area contributed by atoms with Gasteiger partial charge in [0.05, 0.1) is 18.4 Å². The zero-order valence-electron chi connectivity index (χ0n) is 16.9. The van der Waals surface area contributed by atoms with Gasteiger partial charge in [-0.2, -0.15) is 10.2 Å². The lowest BCUT2D eigenvalue weighted by Crippen LogP contribution is -2.39. The van der Waals surface area contributed by atoms with Gasteiger partial charge < -0.3 is 15.7 Å². The first-order valence-corrected chi connectivity index (χ1v) is 9.06. The third-order valence-corrected chi connectivity index (χ3v) is 4.16. The number of nitrogens with one attached hydrogen (secondary N) is 2. The summed E-state index contributed by atoms with van der Waals surface area (Å²) < 4.78 is 3.70. The molecule has 0 aliphatic rings. The van der Waals surface area contributed by atoms with E-state index in [2.05, 4.69) is 38.8 Å². The molecule has 0 amide bonds. The Morgan fingerprint density at radius 2 is 2.07 bits per heavy atom. The number of hydrogen-bond acceptors (Lipinski definition) is 4. The number of guanidine groups is 1. The Morgan fingerprint density at radius 3 is 2.63 bits per heavy atom. The number of aromatic nitrogens is 4. The molecular formula is C18H32IN7O. The third-order valence-electron chi connectivity index (χ3n) is 4.16. The molecule has 3 N–H and O–H groups in total. The quantitative estimate of drug-likeness (QED) is 0.227. The molecule has 9 heteroatoms. The fourth-order valence-electron chi connectivity index (χ4n) is 2.70. The molecule has 2 rings (SSSR count). The lowest BCUT2D eigenvalue weighted by molar-refractivity contribution is 0.0672. The molecule has 0 aliphatic carbocycles. The van der Waals surface area contributed by atoms with Crippen LogP contribution < -0.4 is 10.6 Å². The first-order valence-electron chi connectivity index (χ1n) is 9.06. The number of halogens is 1. The molecule has 8 nitrogen and oxygen atoms in total. The lowest BCUT2D eigenvalue weighted by atomic mass is 10.0. The smallest absolute Gasteiger partial charge is 0.191 e. The van der Waals surface area contributed by atoms with Gasteiger partial charge in [0.1, 0.15) is 5.60 Å². The van der Waals surface area contributed by atoms with Crippen molar-refractivity contribution in [2.45, 2.75) is 46.3 Å². The van der Waals surface area contributed by atoms with Crippen LogP contribution in [0.5, 0.6) is 0 Å². The summed E-state index contributed by atoms with van der Waals surface area (Å²) in [5.74, 6) is 0.699. The maximum Gasteiger partial charge on any atom is 0.191 e. The van der Waals surface area contributed by atoms with E-state index in [1.54, 1.807) is 17.8 Å². The molecule has 1 unspecified atom stereocenters. The van der Waals surface area contributed by atoms with Crippen molar-refractivity contribution in [3.05, 3.63) is 35.4 Å². The minimum atomic E-state index is -1.06. The molecule has 2 aromatic rings. The molecule has 0 fully saturated rings. The molecule has 2 heterocycles. The van der Waals surface area contributed by atoms with Gasteiger partial charge in [0, 0.05) is 44.1 Å². The Kier molecular flexibility index (Phi) is 9.23. The maximum absolute atomic E-state index is 10.6. The first kappa shape index (κ1) is 23.4. The van der Waals surface area contributed by atoms with E-state index in [9.17, 15) is 5.11 Å². The number of aliphatic hydroxyl groups is 1. The van der Waals surface area contributed by atoms with Gasteiger partial charge in [-0.05, 0) is 40.2 Å². The molecule has 2 aromatic heterocycles. The number of aliphatic imine (C=N–C) groups is 1. The zero-order valence-corrected chi connectivity index (χ0v) is 19.2. The van der Waals surface area contributed by atoms with Gasteiger partial charge in [-0.3, -0.25) is 9.36 Å². The van der Waals surface area contributed by atoms with Crippen molar-refractivity contribution in [2.75, 3.05) is 19.6 Å². The van der Waals surface area contributed by atoms with Crippen LogP contribution in [0.2, 0.25) is 0 Å². The molecular weight excluding hydrogens is 457 g/mol. The summed E-state index contributed by atoms with van der Waals surface area (Å²) >= 11 is 0. The number of nitrogens with zero attached hydrogens (tertiary/aromatic N) is 5. The summed E-state index contributed by atoms with van der Waals surface area (Å²) in [4.78, 5) is 4.52. The van der Waals surface area contributed by atoms with E-state index < -0.39 is 5.60 Å². The van der Waals surface area contributed by atoms with Crippen LogP contribution in [0.1, 0.15) is 37.2 Å². The minimum Gasteiger partial charge on any atom is -0.383 e. The Morgan fingerprint density at radius 1 is 1.33 bits per heavy atom. The van der Waals surface area contributed by atoms with E-state index >= 15 is 0 Å². The van der Waals surface area contributed by atoms with Crippen LogP contribution in [-0.2, 0) is 19.2 Å². The molecule has 1 atom stereocenters. The SMILES string of the molecule is CCNC(=NCC(C)(O)c1cnn(C)c1)NCCCn1nc(C)cc1C.I. The van der Waals surface area contributed by atoms with Crippen molar-refractivity contribution in [3.63, 3.8) is 0 Å².